The van der Waals surface area contributed by atoms with Crippen molar-refractivity contribution < 1.29 is 14.3 Å². The van der Waals surface area contributed by atoms with Gasteiger partial charge < -0.3 is 19.7 Å². The van der Waals surface area contributed by atoms with Crippen LogP contribution in [0.2, 0.25) is 0 Å². The number of methoxy groups -OCH3 is 1. The highest BCUT2D eigenvalue weighted by atomic mass is 35.5. The Morgan fingerprint density at radius 3 is 2.71 bits per heavy atom. The van der Waals surface area contributed by atoms with Gasteiger partial charge in [-0.05, 0) is 13.0 Å². The molecule has 21 heavy (non-hydrogen) atoms. The summed E-state index contributed by atoms with van der Waals surface area (Å²) in [5.41, 5.74) is 1.02. The minimum Gasteiger partial charge on any atom is -0.494 e. The van der Waals surface area contributed by atoms with Crippen LogP contribution in [0.5, 0.6) is 5.75 Å². The zero-order chi connectivity index (χ0) is 14.8. The van der Waals surface area contributed by atoms with Crippen LogP contribution >= 0.6 is 12.4 Å². The molecule has 0 radical (unpaired) electrons. The van der Waals surface area contributed by atoms with Crippen molar-refractivity contribution in [2.45, 2.75) is 13.5 Å². The van der Waals surface area contributed by atoms with Crippen molar-refractivity contribution in [1.29, 1.82) is 0 Å². The highest BCUT2D eigenvalue weighted by molar-refractivity contribution is 5.85. The summed E-state index contributed by atoms with van der Waals surface area (Å²) < 4.78 is 10.5. The van der Waals surface area contributed by atoms with E-state index in [1.165, 1.54) is 0 Å². The number of carbonyl (C=O) groups is 1. The van der Waals surface area contributed by atoms with E-state index in [0.717, 1.165) is 11.3 Å². The predicted octanol–water partition coefficient (Wildman–Crippen LogP) is 1.70. The van der Waals surface area contributed by atoms with Gasteiger partial charge in [-0.3, -0.25) is 4.79 Å². The third kappa shape index (κ3) is 7.32. The summed E-state index contributed by atoms with van der Waals surface area (Å²) in [6, 6.07) is 7.79. The van der Waals surface area contributed by atoms with Crippen LogP contribution in [0.25, 0.3) is 0 Å². The molecule has 0 aliphatic rings. The molecule has 1 N–H and O–H groups in total. The van der Waals surface area contributed by atoms with Crippen molar-refractivity contribution in [2.75, 3.05) is 40.5 Å². The zero-order valence-corrected chi connectivity index (χ0v) is 13.7. The lowest BCUT2D eigenvalue weighted by molar-refractivity contribution is -0.129. The maximum absolute atomic E-state index is 12.0. The van der Waals surface area contributed by atoms with E-state index in [1.54, 1.807) is 19.1 Å². The molecule has 0 heterocycles. The Bertz CT molecular complexity index is 416. The van der Waals surface area contributed by atoms with E-state index in [4.69, 9.17) is 9.47 Å². The number of carbonyl (C=O) groups excluding carboxylic acids is 1. The molecule has 0 fully saturated rings. The maximum Gasteiger partial charge on any atom is 0.236 e. The molecule has 5 nitrogen and oxygen atoms in total. The Morgan fingerprint density at radius 1 is 1.33 bits per heavy atom. The Hall–Kier alpha value is -1.30. The first-order valence-corrected chi connectivity index (χ1v) is 6.83. The van der Waals surface area contributed by atoms with Crippen LogP contribution in [-0.2, 0) is 16.1 Å². The number of hydrogen-bond donors (Lipinski definition) is 1. The number of halogens is 1. The van der Waals surface area contributed by atoms with Gasteiger partial charge in [-0.25, -0.2) is 0 Å². The molecule has 0 atom stereocenters. The quantitative estimate of drug-likeness (QED) is 0.705. The number of hydrogen-bond acceptors (Lipinski definition) is 4. The number of nitrogens with zero attached hydrogens (tertiary/aromatic N) is 1. The average Bonchev–Trinajstić information content (AvgIpc) is 2.45. The summed E-state index contributed by atoms with van der Waals surface area (Å²) in [6.07, 6.45) is 0. The van der Waals surface area contributed by atoms with Gasteiger partial charge in [0.15, 0.2) is 0 Å². The second kappa shape index (κ2) is 11.4. The molecule has 0 saturated heterocycles. The van der Waals surface area contributed by atoms with Crippen LogP contribution < -0.4 is 10.1 Å². The molecule has 1 aromatic carbocycles. The first-order chi connectivity index (χ1) is 9.69. The molecule has 0 unspecified atom stereocenters. The standard InChI is InChI=1S/C15H24N2O3.ClH/c1-4-20-14-8-6-5-7-13(14)12-17(2)15(18)11-16-9-10-19-3;/h5-8,16H,4,9-12H2,1-3H3;1H. The Morgan fingerprint density at radius 2 is 2.05 bits per heavy atom. The minimum absolute atomic E-state index is 0. The SMILES string of the molecule is CCOc1ccccc1CN(C)C(=O)CNCCOC.Cl. The van der Waals surface area contributed by atoms with Crippen molar-refractivity contribution in [3.05, 3.63) is 29.8 Å². The van der Waals surface area contributed by atoms with E-state index in [9.17, 15) is 4.79 Å². The lowest BCUT2D eigenvalue weighted by Gasteiger charge is -2.19. The van der Waals surface area contributed by atoms with Crippen LogP contribution in [0.15, 0.2) is 24.3 Å². The summed E-state index contributed by atoms with van der Waals surface area (Å²) in [7, 11) is 3.43. The van der Waals surface area contributed by atoms with Crippen molar-refractivity contribution in [2.24, 2.45) is 0 Å². The van der Waals surface area contributed by atoms with Crippen LogP contribution in [0, 0.1) is 0 Å². The summed E-state index contributed by atoms with van der Waals surface area (Å²) in [5.74, 6) is 0.884. The van der Waals surface area contributed by atoms with Crippen LogP contribution in [0.1, 0.15) is 12.5 Å². The van der Waals surface area contributed by atoms with Crippen LogP contribution in [-0.4, -0.2) is 51.3 Å². The molecule has 0 saturated carbocycles. The molecule has 120 valence electrons. The zero-order valence-electron chi connectivity index (χ0n) is 12.9. The van der Waals surface area contributed by atoms with Gasteiger partial charge >= 0.3 is 0 Å². The van der Waals surface area contributed by atoms with Crippen molar-refractivity contribution >= 4 is 18.3 Å². The molecule has 0 aliphatic carbocycles. The fraction of sp³-hybridized carbons (Fsp3) is 0.533. The highest BCUT2D eigenvalue weighted by Crippen LogP contribution is 2.19. The van der Waals surface area contributed by atoms with E-state index in [-0.39, 0.29) is 18.3 Å². The first kappa shape index (κ1) is 19.7. The lowest BCUT2D eigenvalue weighted by Crippen LogP contribution is -2.36. The molecule has 1 rings (SSSR count). The number of likely N-dealkylation sites (N-methyl/N-ethyl adjacent to an activating group) is 1. The largest absolute Gasteiger partial charge is 0.494 e. The van der Waals surface area contributed by atoms with Gasteiger partial charge in [0.2, 0.25) is 5.91 Å². The van der Waals surface area contributed by atoms with Crippen LogP contribution in [0.3, 0.4) is 0 Å². The van der Waals surface area contributed by atoms with E-state index >= 15 is 0 Å². The molecule has 0 aliphatic heterocycles. The number of para-hydroxylation sites is 1. The number of benzene rings is 1. The minimum atomic E-state index is 0. The van der Waals surface area contributed by atoms with Gasteiger partial charge in [0.05, 0.1) is 19.8 Å². The average molecular weight is 317 g/mol. The van der Waals surface area contributed by atoms with Gasteiger partial charge in [-0.2, -0.15) is 0 Å². The maximum atomic E-state index is 12.0. The van der Waals surface area contributed by atoms with Crippen molar-refractivity contribution in [3.8, 4) is 5.75 Å². The van der Waals surface area contributed by atoms with Gasteiger partial charge in [-0.15, -0.1) is 12.4 Å². The smallest absolute Gasteiger partial charge is 0.236 e. The van der Waals surface area contributed by atoms with Gasteiger partial charge in [0.25, 0.3) is 0 Å². The van der Waals surface area contributed by atoms with Gasteiger partial charge in [0.1, 0.15) is 5.75 Å². The second-order valence-corrected chi connectivity index (χ2v) is 4.46. The van der Waals surface area contributed by atoms with E-state index < -0.39 is 0 Å². The first-order valence-electron chi connectivity index (χ1n) is 6.83. The summed E-state index contributed by atoms with van der Waals surface area (Å²) in [6.45, 7) is 4.70. The van der Waals surface area contributed by atoms with Crippen molar-refractivity contribution in [3.63, 3.8) is 0 Å². The normalized spacial score (nSPS) is 9.86. The molecular formula is C15H25ClN2O3. The lowest BCUT2D eigenvalue weighted by atomic mass is 10.2. The molecular weight excluding hydrogens is 292 g/mol. The molecule has 1 aromatic rings. The third-order valence-electron chi connectivity index (χ3n) is 2.86. The van der Waals surface area contributed by atoms with Crippen molar-refractivity contribution in [1.82, 2.24) is 10.2 Å². The van der Waals surface area contributed by atoms with E-state index in [1.807, 2.05) is 31.2 Å². The second-order valence-electron chi connectivity index (χ2n) is 4.46. The number of rotatable bonds is 9. The van der Waals surface area contributed by atoms with E-state index in [2.05, 4.69) is 5.32 Å². The van der Waals surface area contributed by atoms with Crippen LogP contribution in [0.4, 0.5) is 0 Å². The summed E-state index contributed by atoms with van der Waals surface area (Å²) >= 11 is 0. The Balaban J connectivity index is 0.00000400. The highest BCUT2D eigenvalue weighted by Gasteiger charge is 2.11. The Labute approximate surface area is 133 Å². The monoisotopic (exact) mass is 316 g/mol. The molecule has 1 amide bonds. The predicted molar refractivity (Wildman–Crippen MR) is 86.1 cm³/mol. The van der Waals surface area contributed by atoms with E-state index in [0.29, 0.717) is 32.8 Å². The number of amides is 1. The number of ether oxygens (including phenoxy) is 2. The number of nitrogens with one attached hydrogen (secondary N) is 1. The molecule has 0 spiro atoms. The molecule has 6 heteroatoms. The van der Waals surface area contributed by atoms with Gasteiger partial charge in [-0.1, -0.05) is 18.2 Å². The topological polar surface area (TPSA) is 50.8 Å². The fourth-order valence-electron chi connectivity index (χ4n) is 1.78. The third-order valence-corrected chi connectivity index (χ3v) is 2.86. The Kier molecular flexibility index (Phi) is 10.7. The fourth-order valence-corrected chi connectivity index (χ4v) is 1.78. The summed E-state index contributed by atoms with van der Waals surface area (Å²) in [4.78, 5) is 13.7. The summed E-state index contributed by atoms with van der Waals surface area (Å²) in [5, 5.41) is 3.05. The van der Waals surface area contributed by atoms with Gasteiger partial charge in [0, 0.05) is 32.8 Å². The molecule has 0 bridgehead atoms. The molecule has 0 aromatic heterocycles.